The maximum absolute atomic E-state index is 14.0. The standard InChI is InChI=1S/C29H35N5O6S2/c1-20(2)17-33(42(38,39)22-10-11-23-26(15-22)40-28(31-23)32-12-6-7-13-32)18-25(35)24(14-21-8-4-3-5-9-21)34(29(36)37)27-16-30-19-41-27/h3-5,8-11,15-16,19-20,24-25,35H,6-7,12-14,17-18H2,1-2H3,(H,36,37). The van der Waals surface area contributed by atoms with Gasteiger partial charge in [0.15, 0.2) is 5.58 Å². The van der Waals surface area contributed by atoms with Crippen molar-refractivity contribution < 1.29 is 27.8 Å². The molecule has 0 aliphatic carbocycles. The zero-order valence-corrected chi connectivity index (χ0v) is 25.2. The minimum Gasteiger partial charge on any atom is -0.465 e. The van der Waals surface area contributed by atoms with Gasteiger partial charge in [0.25, 0.3) is 6.01 Å². The molecular formula is C29H35N5O6S2. The lowest BCUT2D eigenvalue weighted by Gasteiger charge is -2.35. The van der Waals surface area contributed by atoms with Crippen LogP contribution < -0.4 is 9.80 Å². The van der Waals surface area contributed by atoms with Gasteiger partial charge >= 0.3 is 6.09 Å². The van der Waals surface area contributed by atoms with Gasteiger partial charge in [0.2, 0.25) is 10.0 Å². The van der Waals surface area contributed by atoms with Crippen molar-refractivity contribution in [3.05, 3.63) is 65.8 Å². The summed E-state index contributed by atoms with van der Waals surface area (Å²) in [5.41, 5.74) is 3.25. The van der Waals surface area contributed by atoms with Gasteiger partial charge < -0.3 is 19.5 Å². The van der Waals surface area contributed by atoms with Crippen molar-refractivity contribution in [2.45, 2.75) is 50.2 Å². The smallest absolute Gasteiger partial charge is 0.412 e. The van der Waals surface area contributed by atoms with Crippen LogP contribution in [0.5, 0.6) is 0 Å². The first-order valence-corrected chi connectivity index (χ1v) is 16.2. The summed E-state index contributed by atoms with van der Waals surface area (Å²) in [6.45, 7) is 5.28. The maximum Gasteiger partial charge on any atom is 0.412 e. The predicted octanol–water partition coefficient (Wildman–Crippen LogP) is 4.69. The zero-order valence-electron chi connectivity index (χ0n) is 23.5. The third-order valence-corrected chi connectivity index (χ3v) is 9.85. The van der Waals surface area contributed by atoms with Gasteiger partial charge in [-0.1, -0.05) is 44.2 Å². The van der Waals surface area contributed by atoms with Crippen LogP contribution in [0.4, 0.5) is 15.8 Å². The lowest BCUT2D eigenvalue weighted by molar-refractivity contribution is 0.109. The molecule has 224 valence electrons. The number of aliphatic hydroxyl groups is 1. The van der Waals surface area contributed by atoms with Crippen LogP contribution in [0.15, 0.2) is 69.6 Å². The fraction of sp³-hybridized carbons (Fsp3) is 0.414. The molecule has 11 nitrogen and oxygen atoms in total. The summed E-state index contributed by atoms with van der Waals surface area (Å²) in [5, 5.41) is 22.1. The quantitative estimate of drug-likeness (QED) is 0.233. The number of fused-ring (bicyclic) bond motifs is 1. The molecule has 2 N–H and O–H groups in total. The molecule has 2 unspecified atom stereocenters. The molecule has 0 spiro atoms. The molecule has 2 aromatic heterocycles. The summed E-state index contributed by atoms with van der Waals surface area (Å²) in [5.74, 6) is -0.0626. The number of amides is 1. The van der Waals surface area contributed by atoms with Gasteiger partial charge in [-0.05, 0) is 42.9 Å². The first-order chi connectivity index (χ1) is 20.1. The number of benzene rings is 2. The Hall–Kier alpha value is -3.52. The van der Waals surface area contributed by atoms with E-state index in [1.165, 1.54) is 28.1 Å². The molecule has 5 rings (SSSR count). The Morgan fingerprint density at radius 2 is 1.86 bits per heavy atom. The van der Waals surface area contributed by atoms with E-state index in [-0.39, 0.29) is 30.3 Å². The highest BCUT2D eigenvalue weighted by atomic mass is 32.2. The number of anilines is 2. The molecular weight excluding hydrogens is 578 g/mol. The monoisotopic (exact) mass is 613 g/mol. The third kappa shape index (κ3) is 6.59. The molecule has 1 saturated heterocycles. The SMILES string of the molecule is CC(C)CN(CC(O)C(Cc1ccccc1)N(C(=O)O)c1cncs1)S(=O)(=O)c1ccc2nc(N3CCCC3)oc2c1. The van der Waals surface area contributed by atoms with E-state index < -0.39 is 28.3 Å². The van der Waals surface area contributed by atoms with Crippen LogP contribution in [-0.4, -0.2) is 77.3 Å². The lowest BCUT2D eigenvalue weighted by atomic mass is 9.99. The Morgan fingerprint density at radius 3 is 2.50 bits per heavy atom. The van der Waals surface area contributed by atoms with E-state index in [9.17, 15) is 23.4 Å². The van der Waals surface area contributed by atoms with Crippen molar-refractivity contribution in [3.63, 3.8) is 0 Å². The number of hydrogen-bond acceptors (Lipinski definition) is 9. The number of oxazole rings is 1. The Balaban J connectivity index is 1.46. The zero-order chi connectivity index (χ0) is 29.9. The van der Waals surface area contributed by atoms with Crippen LogP contribution in [0.2, 0.25) is 0 Å². The molecule has 4 aromatic rings. The highest BCUT2D eigenvalue weighted by molar-refractivity contribution is 7.89. The van der Waals surface area contributed by atoms with Gasteiger partial charge in [-0.2, -0.15) is 9.29 Å². The molecule has 42 heavy (non-hydrogen) atoms. The number of aromatic nitrogens is 2. The van der Waals surface area contributed by atoms with Gasteiger partial charge in [0, 0.05) is 32.2 Å². The van der Waals surface area contributed by atoms with E-state index in [1.807, 2.05) is 49.1 Å². The van der Waals surface area contributed by atoms with Gasteiger partial charge in [-0.25, -0.2) is 13.2 Å². The molecule has 3 heterocycles. The van der Waals surface area contributed by atoms with Crippen LogP contribution in [0, 0.1) is 5.92 Å². The van der Waals surface area contributed by atoms with E-state index >= 15 is 0 Å². The minimum absolute atomic E-state index is 0.0177. The summed E-state index contributed by atoms with van der Waals surface area (Å²) in [6.07, 6.45) is 1.09. The van der Waals surface area contributed by atoms with Gasteiger partial charge in [-0.3, -0.25) is 9.88 Å². The first kappa shape index (κ1) is 30.0. The average Bonchev–Trinajstić information content (AvgIpc) is 3.74. The Bertz CT molecular complexity index is 1590. The summed E-state index contributed by atoms with van der Waals surface area (Å²) >= 11 is 1.13. The third-order valence-electron chi connectivity index (χ3n) is 7.25. The van der Waals surface area contributed by atoms with Crippen molar-refractivity contribution >= 4 is 49.6 Å². The Morgan fingerprint density at radius 1 is 1.12 bits per heavy atom. The average molecular weight is 614 g/mol. The second-order valence-electron chi connectivity index (χ2n) is 10.9. The number of nitrogens with zero attached hydrogens (tertiary/aromatic N) is 5. The number of aliphatic hydroxyl groups excluding tert-OH is 1. The van der Waals surface area contributed by atoms with Crippen LogP contribution in [0.25, 0.3) is 11.1 Å². The summed E-state index contributed by atoms with van der Waals surface area (Å²) in [6, 6.07) is 13.3. The number of hydrogen-bond donors (Lipinski definition) is 2. The predicted molar refractivity (Wildman–Crippen MR) is 162 cm³/mol. The fourth-order valence-corrected chi connectivity index (χ4v) is 7.55. The van der Waals surface area contributed by atoms with Crippen LogP contribution in [-0.2, 0) is 16.4 Å². The topological polar surface area (TPSA) is 140 Å². The maximum atomic E-state index is 14.0. The van der Waals surface area contributed by atoms with Gasteiger partial charge in [0.05, 0.1) is 28.7 Å². The first-order valence-electron chi connectivity index (χ1n) is 13.9. The van der Waals surface area contributed by atoms with Gasteiger partial charge in [0.1, 0.15) is 10.5 Å². The van der Waals surface area contributed by atoms with E-state index in [0.717, 1.165) is 47.7 Å². The molecule has 13 heteroatoms. The minimum atomic E-state index is -4.10. The van der Waals surface area contributed by atoms with E-state index in [2.05, 4.69) is 9.97 Å². The molecule has 2 atom stereocenters. The molecule has 1 fully saturated rings. The molecule has 0 radical (unpaired) electrons. The fourth-order valence-electron chi connectivity index (χ4n) is 5.24. The number of rotatable bonds is 12. The number of carbonyl (C=O) groups is 1. The van der Waals surface area contributed by atoms with Crippen molar-refractivity contribution in [1.29, 1.82) is 0 Å². The van der Waals surface area contributed by atoms with E-state index in [1.54, 1.807) is 6.07 Å². The second kappa shape index (κ2) is 12.8. The number of thiazole rings is 1. The van der Waals surface area contributed by atoms with Crippen LogP contribution in [0.3, 0.4) is 0 Å². The molecule has 1 amide bonds. The molecule has 1 aliphatic heterocycles. The molecule has 1 aliphatic rings. The normalized spacial score (nSPS) is 15.5. The van der Waals surface area contributed by atoms with Crippen molar-refractivity contribution in [2.75, 3.05) is 36.0 Å². The Kier molecular flexibility index (Phi) is 9.11. The summed E-state index contributed by atoms with van der Waals surface area (Å²) < 4.78 is 35.2. The van der Waals surface area contributed by atoms with Crippen molar-refractivity contribution in [3.8, 4) is 0 Å². The lowest BCUT2D eigenvalue weighted by Crippen LogP contribution is -2.53. The van der Waals surface area contributed by atoms with Gasteiger partial charge in [-0.15, -0.1) is 11.3 Å². The number of carboxylic acid groups (broad SMARTS) is 1. The molecule has 0 bridgehead atoms. The number of sulfonamides is 1. The van der Waals surface area contributed by atoms with Crippen LogP contribution >= 0.6 is 11.3 Å². The summed E-state index contributed by atoms with van der Waals surface area (Å²) in [7, 11) is -4.10. The van der Waals surface area contributed by atoms with Crippen molar-refractivity contribution in [2.24, 2.45) is 5.92 Å². The molecule has 2 aromatic carbocycles. The highest BCUT2D eigenvalue weighted by Gasteiger charge is 2.36. The second-order valence-corrected chi connectivity index (χ2v) is 13.7. The largest absolute Gasteiger partial charge is 0.465 e. The van der Waals surface area contributed by atoms with E-state index in [4.69, 9.17) is 4.42 Å². The Labute approximate surface area is 249 Å². The van der Waals surface area contributed by atoms with Crippen molar-refractivity contribution in [1.82, 2.24) is 14.3 Å². The molecule has 0 saturated carbocycles. The van der Waals surface area contributed by atoms with Crippen LogP contribution in [0.1, 0.15) is 32.3 Å². The van der Waals surface area contributed by atoms with E-state index in [0.29, 0.717) is 22.1 Å². The highest BCUT2D eigenvalue weighted by Crippen LogP contribution is 2.30. The summed E-state index contributed by atoms with van der Waals surface area (Å²) in [4.78, 5) is 24.2.